The number of hydrogen-bond donors (Lipinski definition) is 1. The van der Waals surface area contributed by atoms with Gasteiger partial charge in [-0.15, -0.1) is 0 Å². The van der Waals surface area contributed by atoms with Gasteiger partial charge >= 0.3 is 0 Å². The molecule has 2 rings (SSSR count). The molecule has 3 nitrogen and oxygen atoms in total. The van der Waals surface area contributed by atoms with Crippen LogP contribution >= 0.6 is 11.6 Å². The second-order valence-corrected chi connectivity index (χ2v) is 4.17. The summed E-state index contributed by atoms with van der Waals surface area (Å²) in [6, 6.07) is 12.7. The Morgan fingerprint density at radius 3 is 2.61 bits per heavy atom. The summed E-state index contributed by atoms with van der Waals surface area (Å²) in [5.41, 5.74) is 8.45. The Bertz CT molecular complexity index is 632. The number of halogens is 1. The van der Waals surface area contributed by atoms with E-state index >= 15 is 0 Å². The van der Waals surface area contributed by atoms with Crippen LogP contribution in [0.15, 0.2) is 36.4 Å². The first-order valence-electron chi connectivity index (χ1n) is 5.29. The highest BCUT2D eigenvalue weighted by molar-refractivity contribution is 6.33. The lowest BCUT2D eigenvalue weighted by molar-refractivity contribution is 0.416. The van der Waals surface area contributed by atoms with Gasteiger partial charge in [-0.05, 0) is 35.9 Å². The van der Waals surface area contributed by atoms with E-state index in [-0.39, 0.29) is 0 Å². The van der Waals surface area contributed by atoms with E-state index in [2.05, 4.69) is 6.07 Å². The lowest BCUT2D eigenvalue weighted by Crippen LogP contribution is -1.91. The minimum absolute atomic E-state index is 0.483. The Hall–Kier alpha value is -2.18. The van der Waals surface area contributed by atoms with Gasteiger partial charge in [-0.2, -0.15) is 5.26 Å². The molecule has 4 heteroatoms. The number of hydrogen-bond acceptors (Lipinski definition) is 3. The smallest absolute Gasteiger partial charge is 0.126 e. The van der Waals surface area contributed by atoms with Crippen LogP contribution < -0.4 is 10.5 Å². The average Bonchev–Trinajstić information content (AvgIpc) is 2.41. The standard InChI is InChI=1S/C14H11ClN2O/c1-18-14-5-2-9(8-16)6-11(14)10-3-4-13(17)12(15)7-10/h2-7H,17H2,1H3. The van der Waals surface area contributed by atoms with Crippen LogP contribution in [0.5, 0.6) is 5.75 Å². The third-order valence-electron chi connectivity index (χ3n) is 2.64. The van der Waals surface area contributed by atoms with E-state index in [0.717, 1.165) is 11.1 Å². The van der Waals surface area contributed by atoms with E-state index in [0.29, 0.717) is 22.0 Å². The monoisotopic (exact) mass is 258 g/mol. The summed E-state index contributed by atoms with van der Waals surface area (Å²) < 4.78 is 5.29. The van der Waals surface area contributed by atoms with Crippen molar-refractivity contribution >= 4 is 17.3 Å². The Morgan fingerprint density at radius 1 is 1.22 bits per heavy atom. The van der Waals surface area contributed by atoms with Gasteiger partial charge in [0.25, 0.3) is 0 Å². The van der Waals surface area contributed by atoms with E-state index in [1.165, 1.54) is 0 Å². The number of nitrogen functional groups attached to an aromatic ring is 1. The molecule has 0 unspecified atom stereocenters. The van der Waals surface area contributed by atoms with Gasteiger partial charge in [0.1, 0.15) is 5.75 Å². The molecule has 0 amide bonds. The molecule has 0 saturated heterocycles. The van der Waals surface area contributed by atoms with Gasteiger partial charge in [-0.25, -0.2) is 0 Å². The lowest BCUT2D eigenvalue weighted by atomic mass is 10.0. The molecule has 2 aromatic rings. The maximum Gasteiger partial charge on any atom is 0.126 e. The third-order valence-corrected chi connectivity index (χ3v) is 2.97. The highest BCUT2D eigenvalue weighted by atomic mass is 35.5. The van der Waals surface area contributed by atoms with Gasteiger partial charge in [-0.1, -0.05) is 17.7 Å². The van der Waals surface area contributed by atoms with Gasteiger partial charge < -0.3 is 10.5 Å². The fourth-order valence-electron chi connectivity index (χ4n) is 1.70. The molecule has 2 aromatic carbocycles. The topological polar surface area (TPSA) is 59.0 Å². The van der Waals surface area contributed by atoms with Crippen LogP contribution in [0.3, 0.4) is 0 Å². The zero-order valence-electron chi connectivity index (χ0n) is 9.77. The molecule has 0 bridgehead atoms. The number of nitrogens with zero attached hydrogens (tertiary/aromatic N) is 1. The van der Waals surface area contributed by atoms with Crippen molar-refractivity contribution in [3.8, 4) is 22.9 Å². The molecule has 0 saturated carbocycles. The fraction of sp³-hybridized carbons (Fsp3) is 0.0714. The van der Waals surface area contributed by atoms with E-state index in [1.807, 2.05) is 6.07 Å². The van der Waals surface area contributed by atoms with Gasteiger partial charge in [0, 0.05) is 5.56 Å². The first-order chi connectivity index (χ1) is 8.65. The highest BCUT2D eigenvalue weighted by Gasteiger charge is 2.08. The molecule has 0 radical (unpaired) electrons. The summed E-state index contributed by atoms with van der Waals surface area (Å²) in [6.07, 6.45) is 0. The van der Waals surface area contributed by atoms with Crippen molar-refractivity contribution in [2.75, 3.05) is 12.8 Å². The first kappa shape index (κ1) is 12.3. The molecular formula is C14H11ClN2O. The van der Waals surface area contributed by atoms with Gasteiger partial charge in [0.15, 0.2) is 0 Å². The molecule has 0 aliphatic heterocycles. The molecule has 0 spiro atoms. The zero-order valence-corrected chi connectivity index (χ0v) is 10.5. The van der Waals surface area contributed by atoms with E-state index < -0.39 is 0 Å². The summed E-state index contributed by atoms with van der Waals surface area (Å²) in [5, 5.41) is 9.42. The maximum atomic E-state index is 8.93. The van der Waals surface area contributed by atoms with Crippen LogP contribution in [0.25, 0.3) is 11.1 Å². The molecule has 0 fully saturated rings. The largest absolute Gasteiger partial charge is 0.496 e. The minimum Gasteiger partial charge on any atom is -0.496 e. The third kappa shape index (κ3) is 2.24. The highest BCUT2D eigenvalue weighted by Crippen LogP contribution is 2.33. The number of benzene rings is 2. The summed E-state index contributed by atoms with van der Waals surface area (Å²) in [4.78, 5) is 0. The van der Waals surface area contributed by atoms with Crippen molar-refractivity contribution in [3.63, 3.8) is 0 Å². The van der Waals surface area contributed by atoms with Crippen molar-refractivity contribution in [2.24, 2.45) is 0 Å². The van der Waals surface area contributed by atoms with E-state index in [1.54, 1.807) is 37.4 Å². The van der Waals surface area contributed by atoms with Crippen molar-refractivity contribution in [3.05, 3.63) is 47.0 Å². The number of ether oxygens (including phenoxy) is 1. The van der Waals surface area contributed by atoms with Crippen LogP contribution in [0.1, 0.15) is 5.56 Å². The number of nitriles is 1. The zero-order chi connectivity index (χ0) is 13.1. The normalized spacial score (nSPS) is 9.83. The van der Waals surface area contributed by atoms with E-state index in [9.17, 15) is 0 Å². The van der Waals surface area contributed by atoms with Crippen LogP contribution in [0.2, 0.25) is 5.02 Å². The second-order valence-electron chi connectivity index (χ2n) is 3.76. The van der Waals surface area contributed by atoms with Crippen LogP contribution in [0.4, 0.5) is 5.69 Å². The fourth-order valence-corrected chi connectivity index (χ4v) is 1.88. The SMILES string of the molecule is COc1ccc(C#N)cc1-c1ccc(N)c(Cl)c1. The summed E-state index contributed by atoms with van der Waals surface area (Å²) in [7, 11) is 1.59. The lowest BCUT2D eigenvalue weighted by Gasteiger charge is -2.10. The van der Waals surface area contributed by atoms with Gasteiger partial charge in [-0.3, -0.25) is 0 Å². The van der Waals surface area contributed by atoms with Crippen molar-refractivity contribution < 1.29 is 4.74 Å². The van der Waals surface area contributed by atoms with E-state index in [4.69, 9.17) is 27.3 Å². The Morgan fingerprint density at radius 2 is 2.00 bits per heavy atom. The van der Waals surface area contributed by atoms with Crippen molar-refractivity contribution in [2.45, 2.75) is 0 Å². The number of anilines is 1. The van der Waals surface area contributed by atoms with Crippen LogP contribution in [0, 0.1) is 11.3 Å². The first-order valence-corrected chi connectivity index (χ1v) is 5.67. The predicted molar refractivity (Wildman–Crippen MR) is 72.6 cm³/mol. The predicted octanol–water partition coefficient (Wildman–Crippen LogP) is 3.47. The maximum absolute atomic E-state index is 8.93. The molecule has 0 aliphatic rings. The molecule has 0 aromatic heterocycles. The number of methoxy groups -OCH3 is 1. The Kier molecular flexibility index (Phi) is 3.40. The summed E-state index contributed by atoms with van der Waals surface area (Å²) in [5.74, 6) is 0.690. The minimum atomic E-state index is 0.483. The molecule has 2 N–H and O–H groups in total. The number of nitrogens with two attached hydrogens (primary N) is 1. The van der Waals surface area contributed by atoms with Crippen LogP contribution in [-0.4, -0.2) is 7.11 Å². The molecule has 0 atom stereocenters. The quantitative estimate of drug-likeness (QED) is 0.839. The number of rotatable bonds is 2. The molecule has 18 heavy (non-hydrogen) atoms. The molecule has 0 aliphatic carbocycles. The van der Waals surface area contributed by atoms with Gasteiger partial charge in [0.05, 0.1) is 29.5 Å². The van der Waals surface area contributed by atoms with Crippen molar-refractivity contribution in [1.29, 1.82) is 5.26 Å². The summed E-state index contributed by atoms with van der Waals surface area (Å²) >= 11 is 6.00. The Balaban J connectivity index is 2.61. The van der Waals surface area contributed by atoms with Crippen molar-refractivity contribution in [1.82, 2.24) is 0 Å². The molecule has 90 valence electrons. The molecule has 0 heterocycles. The Labute approximate surface area is 110 Å². The summed E-state index contributed by atoms with van der Waals surface area (Å²) in [6.45, 7) is 0. The van der Waals surface area contributed by atoms with Gasteiger partial charge in [0.2, 0.25) is 0 Å². The average molecular weight is 259 g/mol. The second kappa shape index (κ2) is 4.99. The molecular weight excluding hydrogens is 248 g/mol. The van der Waals surface area contributed by atoms with Crippen LogP contribution in [-0.2, 0) is 0 Å².